The van der Waals surface area contributed by atoms with Gasteiger partial charge < -0.3 is 10.2 Å². The lowest BCUT2D eigenvalue weighted by atomic mass is 9.95. The lowest BCUT2D eigenvalue weighted by Gasteiger charge is -2.30. The molecular formula is C22H29FN4O2. The second-order valence-electron chi connectivity index (χ2n) is 8.24. The molecule has 1 aliphatic rings. The Labute approximate surface area is 170 Å². The third-order valence-corrected chi connectivity index (χ3v) is 5.33. The van der Waals surface area contributed by atoms with Crippen molar-refractivity contribution in [3.8, 4) is 0 Å². The molecule has 2 N–H and O–H groups in total. The summed E-state index contributed by atoms with van der Waals surface area (Å²) in [6.07, 6.45) is 2.08. The van der Waals surface area contributed by atoms with Crippen molar-refractivity contribution in [1.82, 2.24) is 20.4 Å². The molecule has 3 rings (SSSR count). The highest BCUT2D eigenvalue weighted by atomic mass is 19.1. The van der Waals surface area contributed by atoms with Crippen LogP contribution in [0.2, 0.25) is 0 Å². The number of likely N-dealkylation sites (tertiary alicyclic amines) is 1. The average Bonchev–Trinajstić information content (AvgIpc) is 3.16. The standard InChI is InChI=1S/C22H29FN4O2/c1-14(2)10-18-12-20(26-25-18)22(29)27-8-6-17(7-9-27)21(28)24-13-16-5-4-15(3)19(23)11-16/h4-5,11-12,14,17H,6-10,13H2,1-3H3,(H,24,28)(H,25,26). The van der Waals surface area contributed by atoms with Gasteiger partial charge in [0.25, 0.3) is 5.91 Å². The molecule has 156 valence electrons. The molecule has 1 aromatic carbocycles. The van der Waals surface area contributed by atoms with Gasteiger partial charge in [0.1, 0.15) is 11.5 Å². The van der Waals surface area contributed by atoms with Crippen molar-refractivity contribution in [2.45, 2.75) is 46.6 Å². The summed E-state index contributed by atoms with van der Waals surface area (Å²) in [7, 11) is 0. The smallest absolute Gasteiger partial charge is 0.274 e. The molecule has 0 aliphatic carbocycles. The number of amides is 2. The number of aromatic nitrogens is 2. The van der Waals surface area contributed by atoms with E-state index in [-0.39, 0.29) is 23.5 Å². The van der Waals surface area contributed by atoms with E-state index in [1.54, 1.807) is 17.9 Å². The van der Waals surface area contributed by atoms with Crippen LogP contribution in [0, 0.1) is 24.6 Å². The predicted molar refractivity (Wildman–Crippen MR) is 109 cm³/mol. The Morgan fingerprint density at radius 1 is 1.28 bits per heavy atom. The molecule has 29 heavy (non-hydrogen) atoms. The molecule has 2 heterocycles. The van der Waals surface area contributed by atoms with Crippen molar-refractivity contribution in [2.75, 3.05) is 13.1 Å². The van der Waals surface area contributed by atoms with Crippen LogP contribution in [0.1, 0.15) is 54.0 Å². The van der Waals surface area contributed by atoms with Crippen LogP contribution >= 0.6 is 0 Å². The SMILES string of the molecule is Cc1ccc(CNC(=O)C2CCN(C(=O)c3cc(CC(C)C)[nH]n3)CC2)cc1F. The Balaban J connectivity index is 1.47. The minimum absolute atomic E-state index is 0.0444. The van der Waals surface area contributed by atoms with Crippen LogP contribution in [0.3, 0.4) is 0 Å². The van der Waals surface area contributed by atoms with Gasteiger partial charge in [-0.25, -0.2) is 4.39 Å². The monoisotopic (exact) mass is 400 g/mol. The number of carbonyl (C=O) groups excluding carboxylic acids is 2. The molecule has 2 aromatic rings. The fraction of sp³-hybridized carbons (Fsp3) is 0.500. The van der Waals surface area contributed by atoms with Crippen LogP contribution in [-0.2, 0) is 17.8 Å². The number of nitrogens with zero attached hydrogens (tertiary/aromatic N) is 2. The second kappa shape index (κ2) is 9.20. The first-order chi connectivity index (χ1) is 13.8. The first-order valence-electron chi connectivity index (χ1n) is 10.2. The summed E-state index contributed by atoms with van der Waals surface area (Å²) >= 11 is 0. The maximum absolute atomic E-state index is 13.6. The number of benzene rings is 1. The van der Waals surface area contributed by atoms with E-state index < -0.39 is 0 Å². The summed E-state index contributed by atoms with van der Waals surface area (Å²) in [6.45, 7) is 7.31. The minimum Gasteiger partial charge on any atom is -0.352 e. The van der Waals surface area contributed by atoms with Crippen molar-refractivity contribution >= 4 is 11.8 Å². The summed E-state index contributed by atoms with van der Waals surface area (Å²) in [5.74, 6) is -0.0464. The van der Waals surface area contributed by atoms with E-state index in [4.69, 9.17) is 0 Å². The third-order valence-electron chi connectivity index (χ3n) is 5.33. The maximum atomic E-state index is 13.6. The number of rotatable bonds is 6. The normalized spacial score (nSPS) is 15.0. The van der Waals surface area contributed by atoms with Crippen LogP contribution in [0.25, 0.3) is 0 Å². The summed E-state index contributed by atoms with van der Waals surface area (Å²) in [4.78, 5) is 26.9. The summed E-state index contributed by atoms with van der Waals surface area (Å²) in [6, 6.07) is 6.80. The van der Waals surface area contributed by atoms with E-state index in [1.165, 1.54) is 6.07 Å². The quantitative estimate of drug-likeness (QED) is 0.782. The number of nitrogens with one attached hydrogen (secondary N) is 2. The average molecular weight is 400 g/mol. The van der Waals surface area contributed by atoms with Crippen molar-refractivity contribution in [1.29, 1.82) is 0 Å². The largest absolute Gasteiger partial charge is 0.352 e. The van der Waals surface area contributed by atoms with E-state index >= 15 is 0 Å². The van der Waals surface area contributed by atoms with E-state index in [0.717, 1.165) is 17.7 Å². The van der Waals surface area contributed by atoms with Gasteiger partial charge in [-0.2, -0.15) is 5.10 Å². The van der Waals surface area contributed by atoms with Gasteiger partial charge in [-0.3, -0.25) is 14.7 Å². The molecule has 1 aromatic heterocycles. The zero-order valence-electron chi connectivity index (χ0n) is 17.3. The van der Waals surface area contributed by atoms with Gasteiger partial charge in [0, 0.05) is 31.2 Å². The van der Waals surface area contributed by atoms with E-state index in [1.807, 2.05) is 12.1 Å². The number of H-pyrrole nitrogens is 1. The fourth-order valence-electron chi connectivity index (χ4n) is 3.60. The van der Waals surface area contributed by atoms with Crippen LogP contribution in [0.15, 0.2) is 24.3 Å². The number of aryl methyl sites for hydroxylation is 1. The molecule has 1 saturated heterocycles. The Kier molecular flexibility index (Phi) is 6.67. The van der Waals surface area contributed by atoms with E-state index in [9.17, 15) is 14.0 Å². The van der Waals surface area contributed by atoms with Crippen LogP contribution in [-0.4, -0.2) is 40.0 Å². The second-order valence-corrected chi connectivity index (χ2v) is 8.24. The van der Waals surface area contributed by atoms with Gasteiger partial charge >= 0.3 is 0 Å². The highest BCUT2D eigenvalue weighted by Gasteiger charge is 2.28. The number of hydrogen-bond acceptors (Lipinski definition) is 3. The molecule has 2 amide bonds. The van der Waals surface area contributed by atoms with Crippen molar-refractivity contribution in [2.24, 2.45) is 11.8 Å². The molecule has 0 unspecified atom stereocenters. The highest BCUT2D eigenvalue weighted by Crippen LogP contribution is 2.20. The lowest BCUT2D eigenvalue weighted by Crippen LogP contribution is -2.43. The molecule has 0 radical (unpaired) electrons. The van der Waals surface area contributed by atoms with Crippen LogP contribution in [0.5, 0.6) is 0 Å². The minimum atomic E-state index is -0.265. The third kappa shape index (κ3) is 5.43. The molecular weight excluding hydrogens is 371 g/mol. The topological polar surface area (TPSA) is 78.1 Å². The highest BCUT2D eigenvalue weighted by molar-refractivity contribution is 5.92. The first-order valence-corrected chi connectivity index (χ1v) is 10.2. The zero-order valence-corrected chi connectivity index (χ0v) is 17.3. The number of carbonyl (C=O) groups is 2. The molecule has 0 bridgehead atoms. The van der Waals surface area contributed by atoms with Gasteiger partial charge in [0.05, 0.1) is 0 Å². The molecule has 7 heteroatoms. The number of halogens is 1. The predicted octanol–water partition coefficient (Wildman–Crippen LogP) is 3.22. The molecule has 0 saturated carbocycles. The van der Waals surface area contributed by atoms with Gasteiger partial charge in [-0.05, 0) is 55.4 Å². The van der Waals surface area contributed by atoms with Gasteiger partial charge in [0.15, 0.2) is 0 Å². The summed E-state index contributed by atoms with van der Waals surface area (Å²) in [5.41, 5.74) is 2.73. The molecule has 1 aliphatic heterocycles. The fourth-order valence-corrected chi connectivity index (χ4v) is 3.60. The Morgan fingerprint density at radius 2 is 2.00 bits per heavy atom. The Hall–Kier alpha value is -2.70. The summed E-state index contributed by atoms with van der Waals surface area (Å²) < 4.78 is 13.6. The van der Waals surface area contributed by atoms with E-state index in [2.05, 4.69) is 29.4 Å². The van der Waals surface area contributed by atoms with Gasteiger partial charge in [-0.1, -0.05) is 26.0 Å². The van der Waals surface area contributed by atoms with E-state index in [0.29, 0.717) is 49.7 Å². The zero-order chi connectivity index (χ0) is 21.0. The number of aromatic amines is 1. The molecule has 0 spiro atoms. The van der Waals surface area contributed by atoms with Gasteiger partial charge in [-0.15, -0.1) is 0 Å². The maximum Gasteiger partial charge on any atom is 0.274 e. The number of hydrogen-bond donors (Lipinski definition) is 2. The van der Waals surface area contributed by atoms with Crippen molar-refractivity contribution in [3.05, 3.63) is 52.6 Å². The first kappa shape index (κ1) is 21.0. The lowest BCUT2D eigenvalue weighted by molar-refractivity contribution is -0.126. The van der Waals surface area contributed by atoms with Gasteiger partial charge in [0.2, 0.25) is 5.91 Å². The van der Waals surface area contributed by atoms with Crippen LogP contribution in [0.4, 0.5) is 4.39 Å². The molecule has 6 nitrogen and oxygen atoms in total. The Bertz CT molecular complexity index is 869. The van der Waals surface area contributed by atoms with Crippen molar-refractivity contribution < 1.29 is 14.0 Å². The molecule has 0 atom stereocenters. The van der Waals surface area contributed by atoms with Crippen molar-refractivity contribution in [3.63, 3.8) is 0 Å². The number of piperidine rings is 1. The Morgan fingerprint density at radius 3 is 2.66 bits per heavy atom. The van der Waals surface area contributed by atoms with Crippen LogP contribution < -0.4 is 5.32 Å². The molecule has 1 fully saturated rings. The summed E-state index contributed by atoms with van der Waals surface area (Å²) in [5, 5.41) is 9.97.